The van der Waals surface area contributed by atoms with E-state index in [9.17, 15) is 9.59 Å². The van der Waals surface area contributed by atoms with Crippen LogP contribution >= 0.6 is 0 Å². The molecule has 0 N–H and O–H groups in total. The molecule has 0 bridgehead atoms. The van der Waals surface area contributed by atoms with Crippen LogP contribution in [0.1, 0.15) is 54.3 Å². The predicted octanol–water partition coefficient (Wildman–Crippen LogP) is 5.19. The fraction of sp³-hybridized carbons (Fsp3) is 0.364. The van der Waals surface area contributed by atoms with E-state index in [0.29, 0.717) is 0 Å². The third-order valence-corrected chi connectivity index (χ3v) is 6.14. The van der Waals surface area contributed by atoms with Crippen LogP contribution in [0.15, 0.2) is 60.7 Å². The molecule has 0 aromatic heterocycles. The highest BCUT2D eigenvalue weighted by Crippen LogP contribution is 2.58. The highest BCUT2D eigenvalue weighted by atomic mass is 16.1. The van der Waals surface area contributed by atoms with Gasteiger partial charge in [-0.2, -0.15) is 0 Å². The molecule has 1 aliphatic carbocycles. The predicted molar refractivity (Wildman–Crippen MR) is 96.2 cm³/mol. The first kappa shape index (κ1) is 16.6. The van der Waals surface area contributed by atoms with Gasteiger partial charge in [0, 0.05) is 22.5 Å². The number of carbonyl (C=O) groups excluding carboxylic acids is 2. The summed E-state index contributed by atoms with van der Waals surface area (Å²) >= 11 is 0. The van der Waals surface area contributed by atoms with E-state index < -0.39 is 5.41 Å². The van der Waals surface area contributed by atoms with Crippen molar-refractivity contribution in [1.29, 1.82) is 0 Å². The van der Waals surface area contributed by atoms with Crippen molar-refractivity contribution in [2.24, 2.45) is 16.7 Å². The van der Waals surface area contributed by atoms with Crippen LogP contribution < -0.4 is 0 Å². The highest BCUT2D eigenvalue weighted by Gasteiger charge is 2.57. The second kappa shape index (κ2) is 6.01. The van der Waals surface area contributed by atoms with Gasteiger partial charge in [0.2, 0.25) is 0 Å². The second-order valence-corrected chi connectivity index (χ2v) is 7.57. The molecule has 0 heterocycles. The molecular formula is C22H24O2. The molecule has 0 amide bonds. The zero-order valence-electron chi connectivity index (χ0n) is 14.6. The third kappa shape index (κ3) is 2.50. The summed E-state index contributed by atoms with van der Waals surface area (Å²) in [4.78, 5) is 26.2. The average molecular weight is 320 g/mol. The molecule has 2 aromatic carbocycles. The van der Waals surface area contributed by atoms with Crippen molar-refractivity contribution in [3.8, 4) is 0 Å². The molecule has 3 rings (SSSR count). The van der Waals surface area contributed by atoms with E-state index in [4.69, 9.17) is 0 Å². The Labute approximate surface area is 143 Å². The van der Waals surface area contributed by atoms with Crippen molar-refractivity contribution in [3.05, 3.63) is 71.8 Å². The first-order chi connectivity index (χ1) is 11.4. The summed E-state index contributed by atoms with van der Waals surface area (Å²) in [5.74, 6) is 0.180. The van der Waals surface area contributed by atoms with E-state index in [0.717, 1.165) is 24.0 Å². The smallest absolute Gasteiger partial charge is 0.169 e. The van der Waals surface area contributed by atoms with Crippen LogP contribution in [0.5, 0.6) is 0 Å². The molecule has 0 aliphatic heterocycles. The average Bonchev–Trinajstić information content (AvgIpc) is 2.86. The number of Topliss-reactive ketones (excluding diaryl/α,β-unsaturated/α-hetero) is 2. The lowest BCUT2D eigenvalue weighted by Crippen LogP contribution is -2.42. The molecule has 1 aliphatic rings. The van der Waals surface area contributed by atoms with Gasteiger partial charge in [-0.15, -0.1) is 0 Å². The van der Waals surface area contributed by atoms with Crippen molar-refractivity contribution >= 4 is 11.6 Å². The lowest BCUT2D eigenvalue weighted by molar-refractivity contribution is 0.0493. The Morgan fingerprint density at radius 2 is 1.33 bits per heavy atom. The normalized spacial score (nSPS) is 25.4. The molecule has 24 heavy (non-hydrogen) atoms. The van der Waals surface area contributed by atoms with E-state index in [1.165, 1.54) is 0 Å². The summed E-state index contributed by atoms with van der Waals surface area (Å²) < 4.78 is 0. The van der Waals surface area contributed by atoms with Gasteiger partial charge >= 0.3 is 0 Å². The van der Waals surface area contributed by atoms with Crippen LogP contribution in [0.25, 0.3) is 0 Å². The van der Waals surface area contributed by atoms with Gasteiger partial charge in [0.05, 0.1) is 0 Å². The molecule has 124 valence electrons. The van der Waals surface area contributed by atoms with Gasteiger partial charge in [0.15, 0.2) is 11.6 Å². The van der Waals surface area contributed by atoms with Crippen LogP contribution in [-0.2, 0) is 0 Å². The number of rotatable bonds is 4. The number of benzene rings is 2. The minimum atomic E-state index is -0.524. The summed E-state index contributed by atoms with van der Waals surface area (Å²) in [6.45, 7) is 6.18. The van der Waals surface area contributed by atoms with Gasteiger partial charge in [-0.3, -0.25) is 9.59 Å². The Morgan fingerprint density at radius 3 is 1.88 bits per heavy atom. The van der Waals surface area contributed by atoms with Crippen molar-refractivity contribution in [2.45, 2.75) is 33.6 Å². The van der Waals surface area contributed by atoms with Gasteiger partial charge in [-0.05, 0) is 18.3 Å². The zero-order valence-corrected chi connectivity index (χ0v) is 14.6. The summed E-state index contributed by atoms with van der Waals surface area (Å²) in [6, 6.07) is 18.9. The van der Waals surface area contributed by atoms with Crippen molar-refractivity contribution < 1.29 is 9.59 Å². The third-order valence-electron chi connectivity index (χ3n) is 6.14. The summed E-state index contributed by atoms with van der Waals surface area (Å²) in [5, 5.41) is 0. The first-order valence-electron chi connectivity index (χ1n) is 8.57. The van der Waals surface area contributed by atoms with Gasteiger partial charge in [0.1, 0.15) is 0 Å². The van der Waals surface area contributed by atoms with E-state index in [1.54, 1.807) is 0 Å². The Hall–Kier alpha value is -2.22. The molecule has 0 spiro atoms. The fourth-order valence-corrected chi connectivity index (χ4v) is 4.08. The molecular weight excluding hydrogens is 296 g/mol. The Morgan fingerprint density at radius 1 is 0.833 bits per heavy atom. The van der Waals surface area contributed by atoms with E-state index in [1.807, 2.05) is 67.6 Å². The molecule has 2 nitrogen and oxygen atoms in total. The van der Waals surface area contributed by atoms with Crippen LogP contribution in [-0.4, -0.2) is 11.6 Å². The van der Waals surface area contributed by atoms with Crippen LogP contribution in [0.2, 0.25) is 0 Å². The second-order valence-electron chi connectivity index (χ2n) is 7.57. The zero-order chi connectivity index (χ0) is 17.4. The number of ketones is 2. The minimum absolute atomic E-state index is 0.127. The van der Waals surface area contributed by atoms with E-state index >= 15 is 0 Å². The molecule has 0 radical (unpaired) electrons. The van der Waals surface area contributed by atoms with Gasteiger partial charge in [-0.1, -0.05) is 81.4 Å². The van der Waals surface area contributed by atoms with Crippen molar-refractivity contribution in [2.75, 3.05) is 0 Å². The summed E-state index contributed by atoms with van der Waals surface area (Å²) in [7, 11) is 0. The van der Waals surface area contributed by atoms with E-state index in [2.05, 4.69) is 13.8 Å². The molecule has 0 unspecified atom stereocenters. The van der Waals surface area contributed by atoms with Gasteiger partial charge < -0.3 is 0 Å². The van der Waals surface area contributed by atoms with Gasteiger partial charge in [0.25, 0.3) is 0 Å². The Balaban J connectivity index is 1.93. The van der Waals surface area contributed by atoms with Crippen molar-refractivity contribution in [3.63, 3.8) is 0 Å². The SMILES string of the molecule is CC1(C)[C@H](C(=O)c2ccccc2)CC[C@@]1(C)C(=O)c1ccccc1. The number of hydrogen-bond acceptors (Lipinski definition) is 2. The maximum absolute atomic E-state index is 13.2. The van der Waals surface area contributed by atoms with Crippen LogP contribution in [0.4, 0.5) is 0 Å². The summed E-state index contributed by atoms with van der Waals surface area (Å²) in [6.07, 6.45) is 1.51. The molecule has 2 heteroatoms. The number of carbonyl (C=O) groups is 2. The Kier molecular flexibility index (Phi) is 4.16. The lowest BCUT2D eigenvalue weighted by atomic mass is 9.61. The van der Waals surface area contributed by atoms with E-state index in [-0.39, 0.29) is 22.9 Å². The standard InChI is InChI=1S/C22H24O2/c1-21(2)18(19(23)16-10-6-4-7-11-16)14-15-22(21,3)20(24)17-12-8-5-9-13-17/h4-13,18H,14-15H2,1-3H3/t18-,22-/m0/s1. The topological polar surface area (TPSA) is 34.1 Å². The number of hydrogen-bond donors (Lipinski definition) is 0. The molecule has 1 saturated carbocycles. The fourth-order valence-electron chi connectivity index (χ4n) is 4.08. The maximum atomic E-state index is 13.2. The monoisotopic (exact) mass is 320 g/mol. The van der Waals surface area contributed by atoms with Crippen molar-refractivity contribution in [1.82, 2.24) is 0 Å². The molecule has 2 atom stereocenters. The molecule has 2 aromatic rings. The quantitative estimate of drug-likeness (QED) is 0.726. The van der Waals surface area contributed by atoms with Gasteiger partial charge in [-0.25, -0.2) is 0 Å². The Bertz CT molecular complexity index is 746. The maximum Gasteiger partial charge on any atom is 0.169 e. The lowest BCUT2D eigenvalue weighted by Gasteiger charge is -2.40. The first-order valence-corrected chi connectivity index (χ1v) is 8.57. The molecule has 1 fully saturated rings. The summed E-state index contributed by atoms with van der Waals surface area (Å²) in [5.41, 5.74) is 0.573. The van der Waals surface area contributed by atoms with Crippen LogP contribution in [0, 0.1) is 16.7 Å². The minimum Gasteiger partial charge on any atom is -0.294 e. The highest BCUT2D eigenvalue weighted by molar-refractivity contribution is 6.03. The molecule has 0 saturated heterocycles. The van der Waals surface area contributed by atoms with Crippen LogP contribution in [0.3, 0.4) is 0 Å². The largest absolute Gasteiger partial charge is 0.294 e.